The molecule has 0 saturated carbocycles. The van der Waals surface area contributed by atoms with Gasteiger partial charge in [0.25, 0.3) is 5.91 Å². The fourth-order valence-corrected chi connectivity index (χ4v) is 1.96. The van der Waals surface area contributed by atoms with E-state index in [0.29, 0.717) is 22.7 Å². The molecule has 0 aliphatic heterocycles. The molecule has 5 nitrogen and oxygen atoms in total. The minimum atomic E-state index is -0.695. The zero-order chi connectivity index (χ0) is 16.8. The van der Waals surface area contributed by atoms with Gasteiger partial charge in [0.1, 0.15) is 11.5 Å². The van der Waals surface area contributed by atoms with Crippen molar-refractivity contribution < 1.29 is 19.1 Å². The molecule has 0 heterocycles. The predicted octanol–water partition coefficient (Wildman–Crippen LogP) is 3.30. The average molecular weight is 313 g/mol. The van der Waals surface area contributed by atoms with Gasteiger partial charge in [0.2, 0.25) is 0 Å². The van der Waals surface area contributed by atoms with Gasteiger partial charge in [-0.05, 0) is 50.2 Å². The first-order chi connectivity index (χ1) is 11.0. The number of amides is 1. The Kier molecular flexibility index (Phi) is 5.36. The minimum absolute atomic E-state index is 0.0502. The Balaban J connectivity index is 1.99. The molecule has 0 fully saturated rings. The fraction of sp³-hybridized carbons (Fsp3) is 0.222. The maximum atomic E-state index is 12.2. The number of anilines is 1. The molecule has 1 atom stereocenters. The van der Waals surface area contributed by atoms with Crippen molar-refractivity contribution in [1.82, 2.24) is 0 Å². The van der Waals surface area contributed by atoms with E-state index in [0.717, 1.165) is 0 Å². The Bertz CT molecular complexity index is 694. The second-order valence-electron chi connectivity index (χ2n) is 5.06. The molecule has 1 unspecified atom stereocenters. The summed E-state index contributed by atoms with van der Waals surface area (Å²) in [6, 6.07) is 13.8. The third-order valence-electron chi connectivity index (χ3n) is 3.28. The van der Waals surface area contributed by atoms with E-state index in [1.165, 1.54) is 6.92 Å². The molecule has 0 spiro atoms. The number of benzene rings is 2. The summed E-state index contributed by atoms with van der Waals surface area (Å²) in [5.41, 5.74) is 1.20. The monoisotopic (exact) mass is 313 g/mol. The summed E-state index contributed by atoms with van der Waals surface area (Å²) in [6.07, 6.45) is -0.695. The van der Waals surface area contributed by atoms with Crippen LogP contribution >= 0.6 is 0 Å². The number of hydrogen-bond acceptors (Lipinski definition) is 4. The molecule has 0 radical (unpaired) electrons. The van der Waals surface area contributed by atoms with Crippen molar-refractivity contribution in [2.24, 2.45) is 0 Å². The summed E-state index contributed by atoms with van der Waals surface area (Å²) < 4.78 is 10.7. The molecule has 0 aromatic heterocycles. The lowest BCUT2D eigenvalue weighted by molar-refractivity contribution is -0.122. The van der Waals surface area contributed by atoms with Crippen LogP contribution in [0, 0.1) is 0 Å². The first-order valence-electron chi connectivity index (χ1n) is 7.22. The molecule has 2 aromatic rings. The highest BCUT2D eigenvalue weighted by Gasteiger charge is 2.15. The Labute approximate surface area is 135 Å². The summed E-state index contributed by atoms with van der Waals surface area (Å²) in [6.45, 7) is 3.14. The van der Waals surface area contributed by atoms with Gasteiger partial charge in [-0.1, -0.05) is 12.1 Å². The zero-order valence-corrected chi connectivity index (χ0v) is 13.3. The molecule has 1 N–H and O–H groups in total. The average Bonchev–Trinajstić information content (AvgIpc) is 2.55. The highest BCUT2D eigenvalue weighted by molar-refractivity contribution is 5.95. The Morgan fingerprint density at radius 3 is 2.35 bits per heavy atom. The number of nitrogens with one attached hydrogen (secondary N) is 1. The number of hydrogen-bond donors (Lipinski definition) is 1. The number of carbonyl (C=O) groups is 2. The normalized spacial score (nSPS) is 11.4. The summed E-state index contributed by atoms with van der Waals surface area (Å²) in [4.78, 5) is 23.5. The summed E-state index contributed by atoms with van der Waals surface area (Å²) in [7, 11) is 1.58. The van der Waals surface area contributed by atoms with Crippen LogP contribution in [0.2, 0.25) is 0 Å². The highest BCUT2D eigenvalue weighted by Crippen LogP contribution is 2.18. The lowest BCUT2D eigenvalue weighted by Crippen LogP contribution is -2.30. The van der Waals surface area contributed by atoms with E-state index in [9.17, 15) is 9.59 Å². The molecule has 2 aromatic carbocycles. The number of methoxy groups -OCH3 is 1. The predicted molar refractivity (Wildman–Crippen MR) is 88.2 cm³/mol. The summed E-state index contributed by atoms with van der Waals surface area (Å²) in [5, 5.41) is 2.76. The van der Waals surface area contributed by atoms with Crippen LogP contribution < -0.4 is 14.8 Å². The fourth-order valence-electron chi connectivity index (χ4n) is 1.96. The van der Waals surface area contributed by atoms with E-state index in [2.05, 4.69) is 5.32 Å². The number of ketones is 1. The lowest BCUT2D eigenvalue weighted by atomic mass is 10.1. The molecule has 0 saturated heterocycles. The van der Waals surface area contributed by atoms with Crippen LogP contribution in [0.4, 0.5) is 5.69 Å². The van der Waals surface area contributed by atoms with Crippen LogP contribution in [0.25, 0.3) is 0 Å². The second kappa shape index (κ2) is 7.45. The third-order valence-corrected chi connectivity index (χ3v) is 3.28. The largest absolute Gasteiger partial charge is 0.497 e. The van der Waals surface area contributed by atoms with Gasteiger partial charge in [-0.2, -0.15) is 0 Å². The van der Waals surface area contributed by atoms with Crippen molar-refractivity contribution >= 4 is 17.4 Å². The summed E-state index contributed by atoms with van der Waals surface area (Å²) in [5.74, 6) is 0.873. The van der Waals surface area contributed by atoms with E-state index < -0.39 is 6.10 Å². The first kappa shape index (κ1) is 16.5. The number of Topliss-reactive ketones (excluding diaryl/α,β-unsaturated/α-hetero) is 1. The number of rotatable bonds is 6. The van der Waals surface area contributed by atoms with Crippen molar-refractivity contribution in [2.45, 2.75) is 20.0 Å². The van der Waals surface area contributed by atoms with Gasteiger partial charge >= 0.3 is 0 Å². The van der Waals surface area contributed by atoms with Crippen molar-refractivity contribution in [3.8, 4) is 11.5 Å². The molecular formula is C18H19NO4. The van der Waals surface area contributed by atoms with Gasteiger partial charge in [0.05, 0.1) is 7.11 Å². The molecular weight excluding hydrogens is 294 g/mol. The SMILES string of the molecule is COc1ccc(NC(=O)C(C)Oc2cccc(C(C)=O)c2)cc1. The van der Waals surface area contributed by atoms with Crippen LogP contribution in [0.15, 0.2) is 48.5 Å². The molecule has 23 heavy (non-hydrogen) atoms. The van der Waals surface area contributed by atoms with Crippen LogP contribution in [0.1, 0.15) is 24.2 Å². The number of ether oxygens (including phenoxy) is 2. The van der Waals surface area contributed by atoms with Crippen LogP contribution in [0.3, 0.4) is 0 Å². The van der Waals surface area contributed by atoms with Crippen LogP contribution in [0.5, 0.6) is 11.5 Å². The Morgan fingerprint density at radius 2 is 1.74 bits per heavy atom. The van der Waals surface area contributed by atoms with E-state index >= 15 is 0 Å². The molecule has 0 bridgehead atoms. The maximum Gasteiger partial charge on any atom is 0.265 e. The molecule has 1 amide bonds. The molecule has 120 valence electrons. The minimum Gasteiger partial charge on any atom is -0.497 e. The topological polar surface area (TPSA) is 64.6 Å². The molecule has 5 heteroatoms. The molecule has 0 aliphatic carbocycles. The van der Waals surface area contributed by atoms with Crippen LogP contribution in [-0.2, 0) is 4.79 Å². The van der Waals surface area contributed by atoms with Crippen molar-refractivity contribution in [3.63, 3.8) is 0 Å². The maximum absolute atomic E-state index is 12.2. The first-order valence-corrected chi connectivity index (χ1v) is 7.22. The van der Waals surface area contributed by atoms with Gasteiger partial charge in [-0.25, -0.2) is 0 Å². The van der Waals surface area contributed by atoms with Gasteiger partial charge in [0.15, 0.2) is 11.9 Å². The molecule has 0 aliphatic rings. The van der Waals surface area contributed by atoms with Gasteiger partial charge < -0.3 is 14.8 Å². The quantitative estimate of drug-likeness (QED) is 0.831. The Morgan fingerprint density at radius 1 is 1.04 bits per heavy atom. The smallest absolute Gasteiger partial charge is 0.265 e. The lowest BCUT2D eigenvalue weighted by Gasteiger charge is -2.15. The van der Waals surface area contributed by atoms with E-state index in [-0.39, 0.29) is 11.7 Å². The van der Waals surface area contributed by atoms with Gasteiger partial charge in [-0.3, -0.25) is 9.59 Å². The van der Waals surface area contributed by atoms with Crippen molar-refractivity contribution in [3.05, 3.63) is 54.1 Å². The van der Waals surface area contributed by atoms with Gasteiger partial charge in [0, 0.05) is 11.3 Å². The van der Waals surface area contributed by atoms with Gasteiger partial charge in [-0.15, -0.1) is 0 Å². The standard InChI is InChI=1S/C18H19NO4/c1-12(20)14-5-4-6-17(11-14)23-13(2)18(21)19-15-7-9-16(22-3)10-8-15/h4-11,13H,1-3H3,(H,19,21). The highest BCUT2D eigenvalue weighted by atomic mass is 16.5. The van der Waals surface area contributed by atoms with E-state index in [1.54, 1.807) is 62.6 Å². The van der Waals surface area contributed by atoms with E-state index in [1.807, 2.05) is 0 Å². The zero-order valence-electron chi connectivity index (χ0n) is 13.3. The Hall–Kier alpha value is -2.82. The van der Waals surface area contributed by atoms with Crippen LogP contribution in [-0.4, -0.2) is 24.9 Å². The number of carbonyl (C=O) groups excluding carboxylic acids is 2. The van der Waals surface area contributed by atoms with Crippen molar-refractivity contribution in [1.29, 1.82) is 0 Å². The van der Waals surface area contributed by atoms with Crippen molar-refractivity contribution in [2.75, 3.05) is 12.4 Å². The second-order valence-corrected chi connectivity index (χ2v) is 5.06. The third kappa shape index (κ3) is 4.57. The molecule has 2 rings (SSSR count). The summed E-state index contributed by atoms with van der Waals surface area (Å²) >= 11 is 0. The van der Waals surface area contributed by atoms with E-state index in [4.69, 9.17) is 9.47 Å².